The molecule has 0 aliphatic carbocycles. The number of carbonyl (C=O) groups excluding carboxylic acids is 1. The number of hydrogen-bond acceptors (Lipinski definition) is 2. The summed E-state index contributed by atoms with van der Waals surface area (Å²) < 4.78 is 1.02. The Morgan fingerprint density at radius 1 is 1.26 bits per heavy atom. The number of halogens is 1. The van der Waals surface area contributed by atoms with Crippen molar-refractivity contribution in [1.29, 1.82) is 0 Å². The van der Waals surface area contributed by atoms with Gasteiger partial charge in [0.2, 0.25) is 5.91 Å². The van der Waals surface area contributed by atoms with Crippen molar-refractivity contribution in [2.45, 2.75) is 26.7 Å². The monoisotopic (exact) mass is 327 g/mol. The van der Waals surface area contributed by atoms with Crippen molar-refractivity contribution in [1.82, 2.24) is 5.32 Å². The van der Waals surface area contributed by atoms with Crippen molar-refractivity contribution in [3.8, 4) is 0 Å². The predicted molar refractivity (Wildman–Crippen MR) is 76.9 cm³/mol. The highest BCUT2D eigenvalue weighted by Gasteiger charge is 2.29. The maximum atomic E-state index is 11.6. The smallest absolute Gasteiger partial charge is 0.309 e. The Kier molecular flexibility index (Phi) is 5.54. The number of amides is 1. The fourth-order valence-electron chi connectivity index (χ4n) is 1.54. The van der Waals surface area contributed by atoms with E-state index in [0.29, 0.717) is 6.54 Å². The van der Waals surface area contributed by atoms with Crippen LogP contribution in [0.2, 0.25) is 0 Å². The molecule has 19 heavy (non-hydrogen) atoms. The molecular weight excluding hydrogens is 310 g/mol. The summed E-state index contributed by atoms with van der Waals surface area (Å²) in [5.74, 6) is -1.19. The average molecular weight is 328 g/mol. The lowest BCUT2D eigenvalue weighted by Crippen LogP contribution is -2.34. The zero-order chi connectivity index (χ0) is 14.5. The molecular formula is C14H18BrNO3. The van der Waals surface area contributed by atoms with E-state index in [-0.39, 0.29) is 12.3 Å². The number of hydrogen-bond donors (Lipinski definition) is 2. The molecule has 0 spiro atoms. The van der Waals surface area contributed by atoms with Crippen LogP contribution in [-0.2, 0) is 16.0 Å². The van der Waals surface area contributed by atoms with Crippen molar-refractivity contribution in [2.24, 2.45) is 5.41 Å². The minimum absolute atomic E-state index is 0.0112. The molecule has 0 saturated carbocycles. The normalized spacial score (nSPS) is 11.1. The number of carboxylic acids is 1. The molecule has 0 aliphatic rings. The van der Waals surface area contributed by atoms with E-state index >= 15 is 0 Å². The van der Waals surface area contributed by atoms with Crippen LogP contribution in [0.3, 0.4) is 0 Å². The maximum Gasteiger partial charge on any atom is 0.309 e. The third-order valence-corrected chi connectivity index (χ3v) is 3.36. The number of aliphatic carboxylic acids is 1. The number of carbonyl (C=O) groups is 2. The number of rotatable bonds is 6. The van der Waals surface area contributed by atoms with Gasteiger partial charge in [-0.1, -0.05) is 28.1 Å². The summed E-state index contributed by atoms with van der Waals surface area (Å²) >= 11 is 3.36. The molecule has 1 rings (SSSR count). The highest BCUT2D eigenvalue weighted by molar-refractivity contribution is 9.10. The average Bonchev–Trinajstić information content (AvgIpc) is 2.31. The molecule has 1 amide bonds. The molecule has 104 valence electrons. The van der Waals surface area contributed by atoms with Gasteiger partial charge < -0.3 is 10.4 Å². The molecule has 0 fully saturated rings. The van der Waals surface area contributed by atoms with Crippen LogP contribution in [-0.4, -0.2) is 23.5 Å². The quantitative estimate of drug-likeness (QED) is 0.844. The van der Waals surface area contributed by atoms with Crippen LogP contribution in [0.15, 0.2) is 28.7 Å². The fourth-order valence-corrected chi connectivity index (χ4v) is 1.80. The van der Waals surface area contributed by atoms with Crippen molar-refractivity contribution >= 4 is 27.8 Å². The van der Waals surface area contributed by atoms with E-state index in [1.165, 1.54) is 0 Å². The minimum atomic E-state index is -1.03. The summed E-state index contributed by atoms with van der Waals surface area (Å²) in [7, 11) is 0. The number of carboxylic acid groups (broad SMARTS) is 1. The van der Waals surface area contributed by atoms with Crippen molar-refractivity contribution in [3.05, 3.63) is 34.3 Å². The zero-order valence-corrected chi connectivity index (χ0v) is 12.7. The minimum Gasteiger partial charge on any atom is -0.481 e. The summed E-state index contributed by atoms with van der Waals surface area (Å²) in [6.07, 6.45) is 0.717. The molecule has 4 nitrogen and oxygen atoms in total. The fraction of sp³-hybridized carbons (Fsp3) is 0.429. The predicted octanol–water partition coefficient (Wildman–Crippen LogP) is 2.61. The van der Waals surface area contributed by atoms with Crippen molar-refractivity contribution in [3.63, 3.8) is 0 Å². The summed E-state index contributed by atoms with van der Waals surface area (Å²) in [5.41, 5.74) is 0.0998. The first kappa shape index (κ1) is 15.7. The van der Waals surface area contributed by atoms with E-state index < -0.39 is 11.4 Å². The van der Waals surface area contributed by atoms with Gasteiger partial charge in [-0.05, 0) is 38.0 Å². The van der Waals surface area contributed by atoms with Gasteiger partial charge in [-0.15, -0.1) is 0 Å². The van der Waals surface area contributed by atoms with E-state index in [9.17, 15) is 9.59 Å². The summed E-state index contributed by atoms with van der Waals surface area (Å²) in [6.45, 7) is 3.60. The summed E-state index contributed by atoms with van der Waals surface area (Å²) in [6, 6.07) is 7.87. The molecule has 1 aromatic carbocycles. The molecule has 0 unspecified atom stereocenters. The van der Waals surface area contributed by atoms with Crippen molar-refractivity contribution < 1.29 is 14.7 Å². The Bertz CT molecular complexity index is 454. The lowest BCUT2D eigenvalue weighted by Gasteiger charge is -2.18. The zero-order valence-electron chi connectivity index (χ0n) is 11.1. The molecule has 0 radical (unpaired) electrons. The van der Waals surface area contributed by atoms with Crippen LogP contribution in [0.4, 0.5) is 0 Å². The van der Waals surface area contributed by atoms with Gasteiger partial charge in [0, 0.05) is 17.4 Å². The lowest BCUT2D eigenvalue weighted by molar-refractivity contribution is -0.149. The van der Waals surface area contributed by atoms with Crippen LogP contribution < -0.4 is 5.32 Å². The molecule has 0 bridgehead atoms. The van der Waals surface area contributed by atoms with Crippen LogP contribution >= 0.6 is 15.9 Å². The third-order valence-electron chi connectivity index (χ3n) is 2.83. The second kappa shape index (κ2) is 6.70. The van der Waals surface area contributed by atoms with Crippen molar-refractivity contribution in [2.75, 3.05) is 6.54 Å². The number of benzene rings is 1. The second-order valence-electron chi connectivity index (χ2n) is 5.09. The van der Waals surface area contributed by atoms with Crippen LogP contribution in [0.25, 0.3) is 0 Å². The Hall–Kier alpha value is -1.36. The first-order valence-electron chi connectivity index (χ1n) is 6.06. The maximum absolute atomic E-state index is 11.6. The van der Waals surface area contributed by atoms with Crippen LogP contribution in [0.1, 0.15) is 25.8 Å². The van der Waals surface area contributed by atoms with Gasteiger partial charge in [-0.25, -0.2) is 0 Å². The molecule has 0 atom stereocenters. The third kappa shape index (κ3) is 5.42. The molecule has 1 aromatic rings. The molecule has 5 heteroatoms. The molecule has 2 N–H and O–H groups in total. The molecule has 0 saturated heterocycles. The van der Waals surface area contributed by atoms with E-state index in [4.69, 9.17) is 5.11 Å². The SMILES string of the molecule is CC(C)(CC(=O)NCCc1ccc(Br)cc1)C(=O)O. The van der Waals surface area contributed by atoms with Gasteiger partial charge >= 0.3 is 5.97 Å². The molecule has 0 aromatic heterocycles. The van der Waals surface area contributed by atoms with Gasteiger partial charge in [0.1, 0.15) is 0 Å². The first-order valence-corrected chi connectivity index (χ1v) is 6.85. The summed E-state index contributed by atoms with van der Waals surface area (Å²) in [4.78, 5) is 22.5. The Morgan fingerprint density at radius 2 is 1.84 bits per heavy atom. The number of nitrogens with one attached hydrogen (secondary N) is 1. The lowest BCUT2D eigenvalue weighted by atomic mass is 9.89. The largest absolute Gasteiger partial charge is 0.481 e. The Labute approximate surface area is 121 Å². The second-order valence-corrected chi connectivity index (χ2v) is 6.01. The van der Waals surface area contributed by atoms with Gasteiger partial charge in [0.25, 0.3) is 0 Å². The Balaban J connectivity index is 2.35. The van der Waals surface area contributed by atoms with E-state index in [1.54, 1.807) is 13.8 Å². The van der Waals surface area contributed by atoms with Gasteiger partial charge in [-0.2, -0.15) is 0 Å². The van der Waals surface area contributed by atoms with Gasteiger partial charge in [0.05, 0.1) is 5.41 Å². The highest BCUT2D eigenvalue weighted by Crippen LogP contribution is 2.19. The van der Waals surface area contributed by atoms with Gasteiger partial charge in [0.15, 0.2) is 0 Å². The molecule has 0 heterocycles. The highest BCUT2D eigenvalue weighted by atomic mass is 79.9. The Morgan fingerprint density at radius 3 is 2.37 bits per heavy atom. The van der Waals surface area contributed by atoms with E-state index in [2.05, 4.69) is 21.2 Å². The van der Waals surface area contributed by atoms with Gasteiger partial charge in [-0.3, -0.25) is 9.59 Å². The van der Waals surface area contributed by atoms with Crippen LogP contribution in [0, 0.1) is 5.41 Å². The molecule has 0 aliphatic heterocycles. The topological polar surface area (TPSA) is 66.4 Å². The first-order chi connectivity index (χ1) is 8.81. The van der Waals surface area contributed by atoms with E-state index in [1.807, 2.05) is 24.3 Å². The van der Waals surface area contributed by atoms with E-state index in [0.717, 1.165) is 16.5 Å². The standard InChI is InChI=1S/C14H18BrNO3/c1-14(2,13(18)19)9-12(17)16-8-7-10-3-5-11(15)6-4-10/h3-6H,7-9H2,1-2H3,(H,16,17)(H,18,19). The van der Waals surface area contributed by atoms with Crippen LogP contribution in [0.5, 0.6) is 0 Å². The summed E-state index contributed by atoms with van der Waals surface area (Å²) in [5, 5.41) is 11.7.